The Morgan fingerprint density at radius 3 is 2.60 bits per heavy atom. The molecule has 0 saturated carbocycles. The number of rotatable bonds is 3. The number of carbonyl (C=O) groups is 1. The summed E-state index contributed by atoms with van der Waals surface area (Å²) in [6.45, 7) is 0. The van der Waals surface area contributed by atoms with Gasteiger partial charge in [0.15, 0.2) is 0 Å². The average Bonchev–Trinajstić information content (AvgIpc) is 3.06. The number of hydrogen-bond donors (Lipinski definition) is 2. The van der Waals surface area contributed by atoms with E-state index in [4.69, 9.17) is 11.6 Å². The quantitative estimate of drug-likeness (QED) is 0.539. The number of imidazole rings is 1. The lowest BCUT2D eigenvalue weighted by Crippen LogP contribution is -2.12. The van der Waals surface area contributed by atoms with Gasteiger partial charge >= 0.3 is 0 Å². The van der Waals surface area contributed by atoms with Gasteiger partial charge in [0.1, 0.15) is 5.82 Å². The van der Waals surface area contributed by atoms with E-state index in [-0.39, 0.29) is 5.91 Å². The lowest BCUT2D eigenvalue weighted by Gasteiger charge is -2.07. The Labute approximate surface area is 149 Å². The molecule has 0 fully saturated rings. The Kier molecular flexibility index (Phi) is 3.96. The highest BCUT2D eigenvalue weighted by Gasteiger charge is 2.11. The first-order chi connectivity index (χ1) is 12.2. The summed E-state index contributed by atoms with van der Waals surface area (Å²) in [4.78, 5) is 20.3. The van der Waals surface area contributed by atoms with Crippen molar-refractivity contribution in [2.24, 2.45) is 0 Å². The Bertz CT molecular complexity index is 1040. The normalized spacial score (nSPS) is 10.8. The number of carbonyl (C=O) groups excluding carboxylic acids is 1. The number of nitrogens with zero attached hydrogens (tertiary/aromatic N) is 1. The van der Waals surface area contributed by atoms with Crippen LogP contribution in [0.3, 0.4) is 0 Å². The molecule has 0 aliphatic rings. The molecule has 4 nitrogen and oxygen atoms in total. The van der Waals surface area contributed by atoms with E-state index in [0.29, 0.717) is 16.3 Å². The minimum atomic E-state index is -0.243. The highest BCUT2D eigenvalue weighted by Crippen LogP contribution is 2.24. The van der Waals surface area contributed by atoms with E-state index in [9.17, 15) is 4.79 Å². The van der Waals surface area contributed by atoms with Crippen LogP contribution >= 0.6 is 11.6 Å². The Balaban J connectivity index is 1.63. The molecule has 0 unspecified atom stereocenters. The number of fused-ring (bicyclic) bond motifs is 1. The summed E-state index contributed by atoms with van der Waals surface area (Å²) >= 11 is 6.08. The molecule has 0 atom stereocenters. The van der Waals surface area contributed by atoms with Crippen molar-refractivity contribution < 1.29 is 4.79 Å². The number of amides is 1. The van der Waals surface area contributed by atoms with E-state index >= 15 is 0 Å². The van der Waals surface area contributed by atoms with Gasteiger partial charge in [0.2, 0.25) is 0 Å². The fraction of sp³-hybridized carbons (Fsp3) is 0. The third-order valence-corrected chi connectivity index (χ3v) is 4.23. The van der Waals surface area contributed by atoms with Gasteiger partial charge in [-0.2, -0.15) is 0 Å². The van der Waals surface area contributed by atoms with Crippen molar-refractivity contribution in [3.63, 3.8) is 0 Å². The summed E-state index contributed by atoms with van der Waals surface area (Å²) in [6, 6.07) is 22.4. The lowest BCUT2D eigenvalue weighted by atomic mass is 10.1. The topological polar surface area (TPSA) is 57.8 Å². The molecule has 0 saturated heterocycles. The van der Waals surface area contributed by atoms with Gasteiger partial charge in [0.05, 0.1) is 21.6 Å². The maximum Gasteiger partial charge on any atom is 0.257 e. The van der Waals surface area contributed by atoms with Crippen LogP contribution < -0.4 is 5.32 Å². The Morgan fingerprint density at radius 2 is 1.76 bits per heavy atom. The first-order valence-corrected chi connectivity index (χ1v) is 8.19. The van der Waals surface area contributed by atoms with Crippen LogP contribution in [0, 0.1) is 0 Å². The number of benzene rings is 3. The van der Waals surface area contributed by atoms with E-state index in [1.165, 1.54) is 0 Å². The molecule has 1 amide bonds. The van der Waals surface area contributed by atoms with Crippen LogP contribution in [-0.4, -0.2) is 15.9 Å². The molecule has 1 heterocycles. The van der Waals surface area contributed by atoms with Crippen molar-refractivity contribution in [1.82, 2.24) is 9.97 Å². The van der Waals surface area contributed by atoms with Crippen molar-refractivity contribution in [3.05, 3.63) is 83.4 Å². The molecule has 0 radical (unpaired) electrons. The highest BCUT2D eigenvalue weighted by molar-refractivity contribution is 6.34. The SMILES string of the molecule is O=C(Nc1cccc(-c2nc3ccccc3[nH]2)c1)c1ccccc1Cl. The Hall–Kier alpha value is -3.11. The van der Waals surface area contributed by atoms with Gasteiger partial charge in [0.25, 0.3) is 5.91 Å². The average molecular weight is 348 g/mol. The Morgan fingerprint density at radius 1 is 0.960 bits per heavy atom. The molecule has 0 aliphatic heterocycles. The van der Waals surface area contributed by atoms with Gasteiger partial charge in [-0.05, 0) is 36.4 Å². The summed E-state index contributed by atoms with van der Waals surface area (Å²) in [7, 11) is 0. The fourth-order valence-corrected chi connectivity index (χ4v) is 2.90. The standard InChI is InChI=1S/C20H14ClN3O/c21-16-9-2-1-8-15(16)20(25)22-14-7-5-6-13(12-14)19-23-17-10-3-4-11-18(17)24-19/h1-12H,(H,22,25)(H,23,24). The number of halogens is 1. The molecular weight excluding hydrogens is 334 g/mol. The van der Waals surface area contributed by atoms with Crippen LogP contribution in [0.2, 0.25) is 5.02 Å². The van der Waals surface area contributed by atoms with Crippen LogP contribution in [0.1, 0.15) is 10.4 Å². The smallest absolute Gasteiger partial charge is 0.257 e. The van der Waals surface area contributed by atoms with Gasteiger partial charge < -0.3 is 10.3 Å². The van der Waals surface area contributed by atoms with E-state index in [2.05, 4.69) is 15.3 Å². The zero-order valence-electron chi connectivity index (χ0n) is 13.2. The summed E-state index contributed by atoms with van der Waals surface area (Å²) in [6.07, 6.45) is 0. The predicted molar refractivity (Wildman–Crippen MR) is 101 cm³/mol. The van der Waals surface area contributed by atoms with Crippen molar-refractivity contribution >= 4 is 34.2 Å². The molecule has 4 rings (SSSR count). The molecular formula is C20H14ClN3O. The first kappa shape index (κ1) is 15.4. The van der Waals surface area contributed by atoms with Gasteiger partial charge in [-0.3, -0.25) is 4.79 Å². The zero-order chi connectivity index (χ0) is 17.2. The fourth-order valence-electron chi connectivity index (χ4n) is 2.68. The van der Waals surface area contributed by atoms with E-state index < -0.39 is 0 Å². The monoisotopic (exact) mass is 347 g/mol. The maximum atomic E-state index is 12.4. The third kappa shape index (κ3) is 3.12. The molecule has 122 valence electrons. The van der Waals surface area contributed by atoms with Crippen LogP contribution in [0.5, 0.6) is 0 Å². The number of nitrogens with one attached hydrogen (secondary N) is 2. The minimum absolute atomic E-state index is 0.243. The second-order valence-corrected chi connectivity index (χ2v) is 6.02. The minimum Gasteiger partial charge on any atom is -0.338 e. The highest BCUT2D eigenvalue weighted by atomic mass is 35.5. The van der Waals surface area contributed by atoms with E-state index in [1.807, 2.05) is 48.5 Å². The maximum absolute atomic E-state index is 12.4. The number of H-pyrrole nitrogens is 1. The second-order valence-electron chi connectivity index (χ2n) is 5.62. The first-order valence-electron chi connectivity index (χ1n) is 7.82. The lowest BCUT2D eigenvalue weighted by molar-refractivity contribution is 0.102. The van der Waals surface area contributed by atoms with Crippen molar-refractivity contribution in [2.45, 2.75) is 0 Å². The molecule has 5 heteroatoms. The molecule has 1 aromatic heterocycles. The molecule has 25 heavy (non-hydrogen) atoms. The molecule has 2 N–H and O–H groups in total. The molecule has 3 aromatic carbocycles. The van der Waals surface area contributed by atoms with Gasteiger partial charge in [-0.15, -0.1) is 0 Å². The summed E-state index contributed by atoms with van der Waals surface area (Å²) in [5, 5.41) is 3.30. The molecule has 0 spiro atoms. The molecule has 0 aliphatic carbocycles. The van der Waals surface area contributed by atoms with Crippen LogP contribution in [0.25, 0.3) is 22.4 Å². The third-order valence-electron chi connectivity index (χ3n) is 3.90. The zero-order valence-corrected chi connectivity index (χ0v) is 13.9. The van der Waals surface area contributed by atoms with Crippen LogP contribution in [0.4, 0.5) is 5.69 Å². The second kappa shape index (κ2) is 6.42. The van der Waals surface area contributed by atoms with Gasteiger partial charge in [-0.25, -0.2) is 4.98 Å². The van der Waals surface area contributed by atoms with Crippen molar-refractivity contribution in [3.8, 4) is 11.4 Å². The largest absolute Gasteiger partial charge is 0.338 e. The van der Waals surface area contributed by atoms with Crippen LogP contribution in [0.15, 0.2) is 72.8 Å². The summed E-state index contributed by atoms with van der Waals surface area (Å²) < 4.78 is 0. The van der Waals surface area contributed by atoms with Crippen molar-refractivity contribution in [2.75, 3.05) is 5.32 Å². The molecule has 0 bridgehead atoms. The molecule has 4 aromatic rings. The predicted octanol–water partition coefficient (Wildman–Crippen LogP) is 5.14. The number of anilines is 1. The number of para-hydroxylation sites is 2. The van der Waals surface area contributed by atoms with Gasteiger partial charge in [0, 0.05) is 11.3 Å². The summed E-state index contributed by atoms with van der Waals surface area (Å²) in [5.41, 5.74) is 3.90. The number of aromatic nitrogens is 2. The number of hydrogen-bond acceptors (Lipinski definition) is 2. The number of aromatic amines is 1. The van der Waals surface area contributed by atoms with Crippen LogP contribution in [-0.2, 0) is 0 Å². The van der Waals surface area contributed by atoms with E-state index in [0.717, 1.165) is 22.4 Å². The summed E-state index contributed by atoms with van der Waals surface area (Å²) in [5.74, 6) is 0.516. The van der Waals surface area contributed by atoms with Gasteiger partial charge in [-0.1, -0.05) is 48.0 Å². The van der Waals surface area contributed by atoms with E-state index in [1.54, 1.807) is 24.3 Å². The van der Waals surface area contributed by atoms with Crippen molar-refractivity contribution in [1.29, 1.82) is 0 Å².